The van der Waals surface area contributed by atoms with E-state index < -0.39 is 0 Å². The summed E-state index contributed by atoms with van der Waals surface area (Å²) in [6.45, 7) is 4.99. The molecule has 4 rings (SSSR count). The fourth-order valence-electron chi connectivity index (χ4n) is 3.01. The number of anilines is 1. The van der Waals surface area contributed by atoms with Crippen LogP contribution in [0.4, 0.5) is 5.82 Å². The summed E-state index contributed by atoms with van der Waals surface area (Å²) in [7, 11) is 0. The van der Waals surface area contributed by atoms with Crippen LogP contribution in [0.5, 0.6) is 0 Å². The molecule has 1 N–H and O–H groups in total. The highest BCUT2D eigenvalue weighted by atomic mass is 15.4. The summed E-state index contributed by atoms with van der Waals surface area (Å²) in [6, 6.07) is 8.66. The number of hydrogen-bond acceptors (Lipinski definition) is 4. The van der Waals surface area contributed by atoms with Crippen molar-refractivity contribution in [3.8, 4) is 0 Å². The third-order valence-corrected chi connectivity index (χ3v) is 4.38. The Kier molecular flexibility index (Phi) is 2.67. The van der Waals surface area contributed by atoms with E-state index in [0.717, 1.165) is 30.0 Å². The zero-order chi connectivity index (χ0) is 14.4. The smallest absolute Gasteiger partial charge is 0.254 e. The van der Waals surface area contributed by atoms with Gasteiger partial charge in [-0.15, -0.1) is 0 Å². The second-order valence-corrected chi connectivity index (χ2v) is 5.62. The third-order valence-electron chi connectivity index (χ3n) is 4.38. The number of rotatable bonds is 3. The number of nitrogens with zero attached hydrogens (tertiary/aromatic N) is 4. The van der Waals surface area contributed by atoms with E-state index in [9.17, 15) is 0 Å². The van der Waals surface area contributed by atoms with Gasteiger partial charge in [0.25, 0.3) is 5.78 Å². The molecule has 1 unspecified atom stereocenters. The van der Waals surface area contributed by atoms with Crippen molar-refractivity contribution >= 4 is 11.6 Å². The lowest BCUT2D eigenvalue weighted by atomic mass is 9.77. The molecule has 1 aliphatic rings. The van der Waals surface area contributed by atoms with E-state index in [1.165, 1.54) is 11.1 Å². The molecule has 0 spiro atoms. The van der Waals surface area contributed by atoms with Crippen LogP contribution in [0.15, 0.2) is 30.6 Å². The largest absolute Gasteiger partial charge is 0.369 e. The van der Waals surface area contributed by atoms with Gasteiger partial charge < -0.3 is 5.32 Å². The van der Waals surface area contributed by atoms with Crippen LogP contribution in [-0.4, -0.2) is 26.1 Å². The van der Waals surface area contributed by atoms with Crippen molar-refractivity contribution in [3.63, 3.8) is 0 Å². The van der Waals surface area contributed by atoms with Crippen LogP contribution in [0, 0.1) is 13.8 Å². The molecular weight excluding hydrogens is 262 g/mol. The van der Waals surface area contributed by atoms with Crippen molar-refractivity contribution in [1.82, 2.24) is 19.6 Å². The van der Waals surface area contributed by atoms with Gasteiger partial charge in [-0.25, -0.2) is 4.98 Å². The Hall–Kier alpha value is -2.43. The summed E-state index contributed by atoms with van der Waals surface area (Å²) in [4.78, 5) is 8.62. The summed E-state index contributed by atoms with van der Waals surface area (Å²) in [5, 5.41) is 7.81. The van der Waals surface area contributed by atoms with E-state index in [1.54, 1.807) is 10.8 Å². The van der Waals surface area contributed by atoms with E-state index in [1.807, 2.05) is 6.92 Å². The second-order valence-electron chi connectivity index (χ2n) is 5.62. The Morgan fingerprint density at radius 3 is 3.00 bits per heavy atom. The van der Waals surface area contributed by atoms with Crippen LogP contribution in [0.3, 0.4) is 0 Å². The zero-order valence-electron chi connectivity index (χ0n) is 12.2. The molecule has 0 fully saturated rings. The quantitative estimate of drug-likeness (QED) is 0.800. The minimum atomic E-state index is 0.577. The van der Waals surface area contributed by atoms with Crippen molar-refractivity contribution < 1.29 is 0 Å². The first-order valence-corrected chi connectivity index (χ1v) is 7.22. The highest BCUT2D eigenvalue weighted by Crippen LogP contribution is 2.35. The van der Waals surface area contributed by atoms with Crippen molar-refractivity contribution in [2.75, 3.05) is 11.9 Å². The molecule has 106 valence electrons. The third kappa shape index (κ3) is 1.88. The first kappa shape index (κ1) is 12.3. The van der Waals surface area contributed by atoms with Crippen molar-refractivity contribution in [2.24, 2.45) is 0 Å². The lowest BCUT2D eigenvalue weighted by Gasteiger charge is -2.30. The fourth-order valence-corrected chi connectivity index (χ4v) is 3.01. The minimum Gasteiger partial charge on any atom is -0.369 e. The van der Waals surface area contributed by atoms with E-state index >= 15 is 0 Å². The topological polar surface area (TPSA) is 55.1 Å². The molecule has 5 heteroatoms. The maximum absolute atomic E-state index is 4.44. The molecule has 0 saturated carbocycles. The van der Waals surface area contributed by atoms with Gasteiger partial charge in [-0.2, -0.15) is 14.6 Å². The monoisotopic (exact) mass is 279 g/mol. The van der Waals surface area contributed by atoms with Gasteiger partial charge >= 0.3 is 0 Å². The van der Waals surface area contributed by atoms with E-state index in [-0.39, 0.29) is 0 Å². The number of benzene rings is 1. The minimum absolute atomic E-state index is 0.577. The maximum Gasteiger partial charge on any atom is 0.254 e. The lowest BCUT2D eigenvalue weighted by molar-refractivity contribution is 0.632. The number of hydrogen-bond donors (Lipinski definition) is 1. The molecule has 2 aromatic heterocycles. The normalized spacial score (nSPS) is 16.6. The van der Waals surface area contributed by atoms with E-state index in [0.29, 0.717) is 11.7 Å². The van der Waals surface area contributed by atoms with Gasteiger partial charge in [-0.1, -0.05) is 24.3 Å². The van der Waals surface area contributed by atoms with Gasteiger partial charge in [-0.05, 0) is 31.4 Å². The number of aryl methyl sites for hydroxylation is 1. The SMILES string of the molecule is Cc1nc2ncnn2c(NCC2Cc3ccccc32)c1C. The Labute approximate surface area is 123 Å². The molecule has 1 atom stereocenters. The van der Waals surface area contributed by atoms with Crippen LogP contribution < -0.4 is 5.32 Å². The molecule has 5 nitrogen and oxygen atoms in total. The Balaban J connectivity index is 1.61. The van der Waals surface area contributed by atoms with Gasteiger partial charge in [0.15, 0.2) is 0 Å². The average Bonchev–Trinajstić information content (AvgIpc) is 2.91. The van der Waals surface area contributed by atoms with Gasteiger partial charge in [-0.3, -0.25) is 0 Å². The van der Waals surface area contributed by atoms with Crippen LogP contribution >= 0.6 is 0 Å². The summed E-state index contributed by atoms with van der Waals surface area (Å²) in [6.07, 6.45) is 2.69. The van der Waals surface area contributed by atoms with Crippen LogP contribution in [0.25, 0.3) is 5.78 Å². The van der Waals surface area contributed by atoms with Crippen LogP contribution in [0.2, 0.25) is 0 Å². The van der Waals surface area contributed by atoms with Gasteiger partial charge in [0.2, 0.25) is 0 Å². The van der Waals surface area contributed by atoms with Crippen molar-refractivity contribution in [3.05, 3.63) is 53.0 Å². The van der Waals surface area contributed by atoms with Crippen LogP contribution in [0.1, 0.15) is 28.3 Å². The maximum atomic E-state index is 4.44. The second kappa shape index (κ2) is 4.55. The average molecular weight is 279 g/mol. The fraction of sp³-hybridized carbons (Fsp3) is 0.312. The molecular formula is C16H17N5. The molecule has 0 aliphatic heterocycles. The molecule has 2 heterocycles. The molecule has 0 saturated heterocycles. The summed E-state index contributed by atoms with van der Waals surface area (Å²) >= 11 is 0. The highest BCUT2D eigenvalue weighted by Gasteiger charge is 2.25. The predicted molar refractivity (Wildman–Crippen MR) is 81.6 cm³/mol. The molecule has 0 amide bonds. The zero-order valence-corrected chi connectivity index (χ0v) is 12.2. The Bertz CT molecular complexity index is 821. The number of nitrogens with one attached hydrogen (secondary N) is 1. The highest BCUT2D eigenvalue weighted by molar-refractivity contribution is 5.52. The molecule has 1 aromatic carbocycles. The van der Waals surface area contributed by atoms with Crippen molar-refractivity contribution in [2.45, 2.75) is 26.2 Å². The molecule has 21 heavy (non-hydrogen) atoms. The van der Waals surface area contributed by atoms with E-state index in [2.05, 4.69) is 51.6 Å². The standard InChI is InChI=1S/C16H17N5/c1-10-11(2)20-16-18-9-19-21(16)15(10)17-8-13-7-12-5-3-4-6-14(12)13/h3-6,9,13,17H,7-8H2,1-2H3. The summed E-state index contributed by atoms with van der Waals surface area (Å²) in [5.41, 5.74) is 5.05. The summed E-state index contributed by atoms with van der Waals surface area (Å²) < 4.78 is 1.78. The predicted octanol–water partition coefficient (Wildman–Crippen LogP) is 2.49. The summed E-state index contributed by atoms with van der Waals surface area (Å²) in [5.74, 6) is 2.22. The Morgan fingerprint density at radius 2 is 2.14 bits per heavy atom. The van der Waals surface area contributed by atoms with Gasteiger partial charge in [0.05, 0.1) is 0 Å². The molecule has 0 radical (unpaired) electrons. The first-order chi connectivity index (χ1) is 10.2. The molecule has 3 aromatic rings. The molecule has 1 aliphatic carbocycles. The van der Waals surface area contributed by atoms with Crippen LogP contribution in [-0.2, 0) is 6.42 Å². The van der Waals surface area contributed by atoms with E-state index in [4.69, 9.17) is 0 Å². The Morgan fingerprint density at radius 1 is 1.29 bits per heavy atom. The first-order valence-electron chi connectivity index (χ1n) is 7.22. The van der Waals surface area contributed by atoms with Gasteiger partial charge in [0, 0.05) is 23.7 Å². The van der Waals surface area contributed by atoms with Gasteiger partial charge in [0.1, 0.15) is 12.1 Å². The number of fused-ring (bicyclic) bond motifs is 2. The lowest BCUT2D eigenvalue weighted by Crippen LogP contribution is -2.25. The van der Waals surface area contributed by atoms with Crippen molar-refractivity contribution in [1.29, 1.82) is 0 Å². The molecule has 0 bridgehead atoms. The number of aromatic nitrogens is 4.